The summed E-state index contributed by atoms with van der Waals surface area (Å²) in [6, 6.07) is 14.8. The van der Waals surface area contributed by atoms with Crippen LogP contribution in [0.1, 0.15) is 12.1 Å². The van der Waals surface area contributed by atoms with E-state index in [0.29, 0.717) is 12.6 Å². The molecule has 1 aromatic carbocycles. The quantitative estimate of drug-likeness (QED) is 0.564. The van der Waals surface area contributed by atoms with E-state index >= 15 is 0 Å². The number of benzene rings is 1. The van der Waals surface area contributed by atoms with Gasteiger partial charge in [-0.2, -0.15) is 0 Å². The molecule has 2 aromatic rings. The normalized spacial score (nSPS) is 17.1. The molecule has 3 rings (SSSR count). The molecular weight excluding hydrogens is 404 g/mol. The maximum atomic E-state index is 4.64. The van der Waals surface area contributed by atoms with Gasteiger partial charge in [0.2, 0.25) is 0 Å². The fourth-order valence-electron chi connectivity index (χ4n) is 3.18. The van der Waals surface area contributed by atoms with Gasteiger partial charge >= 0.3 is 0 Å². The third-order valence-electron chi connectivity index (χ3n) is 4.63. The van der Waals surface area contributed by atoms with E-state index in [1.54, 1.807) is 7.05 Å². The molecule has 0 amide bonds. The van der Waals surface area contributed by atoms with Crippen molar-refractivity contribution in [1.82, 2.24) is 15.6 Å². The van der Waals surface area contributed by atoms with Crippen molar-refractivity contribution in [3.8, 4) is 0 Å². The highest BCUT2D eigenvalue weighted by Gasteiger charge is 2.24. The zero-order valence-corrected chi connectivity index (χ0v) is 17.7. The topological polar surface area (TPSA) is 55.8 Å². The zero-order chi connectivity index (χ0) is 19.2. The molecule has 27 heavy (non-hydrogen) atoms. The number of hydrogen-bond acceptors (Lipinski definition) is 4. The molecule has 7 heteroatoms. The molecule has 1 saturated heterocycles. The van der Waals surface area contributed by atoms with Gasteiger partial charge in [0.05, 0.1) is 17.9 Å². The Balaban J connectivity index is 1.54. The minimum absolute atomic E-state index is 0.365. The number of guanidine groups is 1. The maximum absolute atomic E-state index is 4.64. The summed E-state index contributed by atoms with van der Waals surface area (Å²) in [6.07, 6.45) is 1.08. The van der Waals surface area contributed by atoms with Crippen LogP contribution in [0.2, 0.25) is 0 Å². The number of pyridine rings is 1. The summed E-state index contributed by atoms with van der Waals surface area (Å²) in [5.74, 6) is 1.77. The van der Waals surface area contributed by atoms with E-state index in [0.717, 1.165) is 41.5 Å². The van der Waals surface area contributed by atoms with Crippen LogP contribution < -0.4 is 20.4 Å². The number of para-hydroxylation sites is 1. The minimum Gasteiger partial charge on any atom is -0.368 e. The van der Waals surface area contributed by atoms with Gasteiger partial charge in [0.1, 0.15) is 5.82 Å². The molecular formula is C20H27BrN6. The maximum Gasteiger partial charge on any atom is 0.191 e. The number of aliphatic imine (C=N–C) groups is 1. The van der Waals surface area contributed by atoms with Gasteiger partial charge in [-0.1, -0.05) is 18.2 Å². The van der Waals surface area contributed by atoms with E-state index in [9.17, 15) is 0 Å². The van der Waals surface area contributed by atoms with Crippen molar-refractivity contribution in [1.29, 1.82) is 0 Å². The highest BCUT2D eigenvalue weighted by molar-refractivity contribution is 9.10. The Hall–Kier alpha value is -2.28. The van der Waals surface area contributed by atoms with E-state index in [4.69, 9.17) is 0 Å². The molecule has 1 atom stereocenters. The molecule has 1 unspecified atom stereocenters. The second-order valence-corrected chi connectivity index (χ2v) is 7.69. The lowest BCUT2D eigenvalue weighted by atomic mass is 10.2. The summed E-state index contributed by atoms with van der Waals surface area (Å²) in [5, 5.41) is 6.91. The molecule has 1 aliphatic heterocycles. The summed E-state index contributed by atoms with van der Waals surface area (Å²) >= 11 is 3.65. The van der Waals surface area contributed by atoms with Crippen molar-refractivity contribution in [3.63, 3.8) is 0 Å². The van der Waals surface area contributed by atoms with Crippen LogP contribution in [0.5, 0.6) is 0 Å². The van der Waals surface area contributed by atoms with Crippen molar-refractivity contribution >= 4 is 33.4 Å². The number of anilines is 2. The van der Waals surface area contributed by atoms with E-state index in [1.807, 2.05) is 43.3 Å². The van der Waals surface area contributed by atoms with Gasteiger partial charge < -0.3 is 20.4 Å². The first-order valence-corrected chi connectivity index (χ1v) is 9.96. The van der Waals surface area contributed by atoms with Crippen LogP contribution in [0.4, 0.5) is 11.5 Å². The molecule has 0 bridgehead atoms. The van der Waals surface area contributed by atoms with Crippen LogP contribution in [0.25, 0.3) is 0 Å². The molecule has 1 fully saturated rings. The third-order valence-corrected chi connectivity index (χ3v) is 5.30. The lowest BCUT2D eigenvalue weighted by Gasteiger charge is -2.21. The molecule has 0 radical (unpaired) electrons. The minimum atomic E-state index is 0.365. The van der Waals surface area contributed by atoms with Crippen molar-refractivity contribution < 1.29 is 0 Å². The van der Waals surface area contributed by atoms with E-state index in [-0.39, 0.29) is 0 Å². The Labute approximate surface area is 169 Å². The highest BCUT2D eigenvalue weighted by Crippen LogP contribution is 2.28. The molecule has 144 valence electrons. The third kappa shape index (κ3) is 5.13. The Morgan fingerprint density at radius 1 is 1.26 bits per heavy atom. The largest absolute Gasteiger partial charge is 0.368 e. The average Bonchev–Trinajstić information content (AvgIpc) is 3.14. The Bertz CT molecular complexity index is 792. The first-order chi connectivity index (χ1) is 13.1. The number of nitrogens with one attached hydrogen (secondary N) is 2. The van der Waals surface area contributed by atoms with Gasteiger partial charge in [-0.25, -0.2) is 4.98 Å². The Kier molecular flexibility index (Phi) is 6.55. The van der Waals surface area contributed by atoms with Crippen molar-refractivity contribution in [2.75, 3.05) is 44.0 Å². The highest BCUT2D eigenvalue weighted by atomic mass is 79.9. The van der Waals surface area contributed by atoms with Crippen LogP contribution in [-0.4, -0.2) is 51.2 Å². The summed E-state index contributed by atoms with van der Waals surface area (Å²) in [5.41, 5.74) is 2.24. The summed E-state index contributed by atoms with van der Waals surface area (Å²) in [7, 11) is 5.80. The SMILES string of the molecule is CN=C(NCc1cccc(N(C)C)n1)NC1CCN(c2ccccc2Br)C1. The second-order valence-electron chi connectivity index (χ2n) is 6.83. The molecule has 2 heterocycles. The van der Waals surface area contributed by atoms with Crippen LogP contribution in [-0.2, 0) is 6.54 Å². The van der Waals surface area contributed by atoms with Crippen molar-refractivity contribution in [3.05, 3.63) is 52.6 Å². The van der Waals surface area contributed by atoms with Crippen LogP contribution in [0.15, 0.2) is 51.9 Å². The fourth-order valence-corrected chi connectivity index (χ4v) is 3.72. The summed E-state index contributed by atoms with van der Waals surface area (Å²) in [6.45, 7) is 2.63. The molecule has 0 aliphatic carbocycles. The molecule has 0 saturated carbocycles. The van der Waals surface area contributed by atoms with Crippen LogP contribution >= 0.6 is 15.9 Å². The number of nitrogens with zero attached hydrogens (tertiary/aromatic N) is 4. The van der Waals surface area contributed by atoms with Crippen molar-refractivity contribution in [2.24, 2.45) is 4.99 Å². The smallest absolute Gasteiger partial charge is 0.191 e. The van der Waals surface area contributed by atoms with Gasteiger partial charge in [-0.05, 0) is 46.6 Å². The van der Waals surface area contributed by atoms with E-state index in [1.165, 1.54) is 5.69 Å². The predicted molar refractivity (Wildman–Crippen MR) is 117 cm³/mol. The van der Waals surface area contributed by atoms with Crippen molar-refractivity contribution in [2.45, 2.75) is 19.0 Å². The zero-order valence-electron chi connectivity index (χ0n) is 16.1. The second kappa shape index (κ2) is 9.08. The summed E-state index contributed by atoms with van der Waals surface area (Å²) < 4.78 is 1.14. The Morgan fingerprint density at radius 2 is 2.07 bits per heavy atom. The van der Waals surface area contributed by atoms with Gasteiger partial charge in [0.15, 0.2) is 5.96 Å². The number of rotatable bonds is 5. The van der Waals surface area contributed by atoms with Gasteiger partial charge in [-0.3, -0.25) is 4.99 Å². The lowest BCUT2D eigenvalue weighted by Crippen LogP contribution is -2.44. The lowest BCUT2D eigenvalue weighted by molar-refractivity contribution is 0.647. The molecule has 6 nitrogen and oxygen atoms in total. The van der Waals surface area contributed by atoms with Gasteiger partial charge in [0.25, 0.3) is 0 Å². The van der Waals surface area contributed by atoms with E-state index < -0.39 is 0 Å². The van der Waals surface area contributed by atoms with Gasteiger partial charge in [-0.15, -0.1) is 0 Å². The summed E-state index contributed by atoms with van der Waals surface area (Å²) in [4.78, 5) is 13.4. The fraction of sp³-hybridized carbons (Fsp3) is 0.400. The first-order valence-electron chi connectivity index (χ1n) is 9.16. The van der Waals surface area contributed by atoms with Gasteiger partial charge in [0, 0.05) is 44.7 Å². The Morgan fingerprint density at radius 3 is 2.81 bits per heavy atom. The molecule has 2 N–H and O–H groups in total. The number of halogens is 1. The monoisotopic (exact) mass is 430 g/mol. The standard InChI is InChI=1S/C20H27BrN6/c1-22-20(23-13-15-7-6-10-19(24-15)26(2)3)25-16-11-12-27(14-16)18-9-5-4-8-17(18)21/h4-10,16H,11-14H2,1-3H3,(H2,22,23,25). The first kappa shape index (κ1) is 19.5. The molecule has 0 spiro atoms. The van der Waals surface area contributed by atoms with Crippen LogP contribution in [0, 0.1) is 0 Å². The average molecular weight is 431 g/mol. The number of hydrogen-bond donors (Lipinski definition) is 2. The van der Waals surface area contributed by atoms with E-state index in [2.05, 4.69) is 59.6 Å². The molecule has 1 aromatic heterocycles. The predicted octanol–water partition coefficient (Wildman–Crippen LogP) is 2.85. The van der Waals surface area contributed by atoms with Crippen LogP contribution in [0.3, 0.4) is 0 Å². The number of aromatic nitrogens is 1. The molecule has 1 aliphatic rings.